The zero-order valence-electron chi connectivity index (χ0n) is 18.6. The number of carbonyl (C=O) groups is 1. The van der Waals surface area contributed by atoms with Crippen molar-refractivity contribution in [2.24, 2.45) is 0 Å². The lowest BCUT2D eigenvalue weighted by atomic mass is 10.4. The summed E-state index contributed by atoms with van der Waals surface area (Å²) in [4.78, 5) is 8.89. The van der Waals surface area contributed by atoms with Crippen molar-refractivity contribution in [3.05, 3.63) is 103 Å². The second-order valence-corrected chi connectivity index (χ2v) is 9.57. The van der Waals surface area contributed by atoms with Crippen LogP contribution in [0.15, 0.2) is 103 Å². The second-order valence-electron chi connectivity index (χ2n) is 6.03. The fourth-order valence-electron chi connectivity index (χ4n) is 3.03. The van der Waals surface area contributed by atoms with Gasteiger partial charge in [0.05, 0.1) is 12.0 Å². The molecule has 0 saturated carbocycles. The van der Waals surface area contributed by atoms with Crippen molar-refractivity contribution in [2.75, 3.05) is 6.16 Å². The SMILES string of the molecule is CC(=O)[O-].[2H][N+]([2H])([2H])/C([O-])=C/C[P+](c1ccccc1)(c1ccccc1)c1ccccc1. The predicted molar refractivity (Wildman–Crippen MR) is 112 cm³/mol. The van der Waals surface area contributed by atoms with Gasteiger partial charge in [-0.1, -0.05) is 54.6 Å². The topological polar surface area (TPSA) is 90.8 Å². The highest BCUT2D eigenvalue weighted by Gasteiger charge is 2.44. The lowest BCUT2D eigenvalue weighted by Gasteiger charge is -2.26. The molecule has 3 rings (SSSR count). The third-order valence-electron chi connectivity index (χ3n) is 4.13. The first-order valence-corrected chi connectivity index (χ1v) is 10.7. The van der Waals surface area contributed by atoms with Gasteiger partial charge in [0.25, 0.3) is 0 Å². The van der Waals surface area contributed by atoms with Crippen molar-refractivity contribution >= 4 is 29.1 Å². The molecule has 5 heteroatoms. The van der Waals surface area contributed by atoms with Crippen LogP contribution in [0.4, 0.5) is 0 Å². The molecule has 3 N–H and O–H groups in total. The van der Waals surface area contributed by atoms with Gasteiger partial charge in [-0.15, -0.1) is 0 Å². The molecule has 0 saturated heterocycles. The zero-order valence-corrected chi connectivity index (χ0v) is 16.5. The van der Waals surface area contributed by atoms with Crippen molar-refractivity contribution in [3.63, 3.8) is 0 Å². The van der Waals surface area contributed by atoms with Crippen LogP contribution in [0.3, 0.4) is 0 Å². The number of aliphatic carboxylic acids is 1. The van der Waals surface area contributed by atoms with E-state index in [1.165, 1.54) is 6.08 Å². The molecule has 0 unspecified atom stereocenters. The molecule has 0 radical (unpaired) electrons. The van der Waals surface area contributed by atoms with E-state index in [9.17, 15) is 5.11 Å². The van der Waals surface area contributed by atoms with Gasteiger partial charge in [0.2, 0.25) is 0 Å². The number of carboxylic acid groups (broad SMARTS) is 1. The van der Waals surface area contributed by atoms with E-state index in [0.717, 1.165) is 22.8 Å². The number of carbonyl (C=O) groups excluding carboxylic acids is 1. The number of hydrogen-bond donors (Lipinski definition) is 1. The van der Waals surface area contributed by atoms with Gasteiger partial charge in [0, 0.05) is 12.0 Å². The Bertz CT molecular complexity index is 894. The van der Waals surface area contributed by atoms with E-state index in [4.69, 9.17) is 14.1 Å². The van der Waals surface area contributed by atoms with Crippen LogP contribution >= 0.6 is 7.26 Å². The van der Waals surface area contributed by atoms with Gasteiger partial charge >= 0.3 is 4.24 Å². The van der Waals surface area contributed by atoms with Gasteiger partial charge in [-0.05, 0) is 43.3 Å². The molecule has 0 aromatic heterocycles. The molecule has 0 amide bonds. The molecular weight excluding hydrogens is 369 g/mol. The number of benzene rings is 3. The van der Waals surface area contributed by atoms with Gasteiger partial charge in [-0.2, -0.15) is 0 Å². The highest BCUT2D eigenvalue weighted by atomic mass is 31.2. The lowest BCUT2D eigenvalue weighted by molar-refractivity contribution is -0.513. The molecular formula is C23H24NO3P. The lowest BCUT2D eigenvalue weighted by Crippen LogP contribution is -2.54. The molecule has 0 bridgehead atoms. The van der Waals surface area contributed by atoms with Crippen LogP contribution in [0.5, 0.6) is 0 Å². The van der Waals surface area contributed by atoms with Crippen molar-refractivity contribution < 1.29 is 25.0 Å². The molecule has 28 heavy (non-hydrogen) atoms. The highest BCUT2D eigenvalue weighted by molar-refractivity contribution is 7.95. The Morgan fingerprint density at radius 2 is 1.18 bits per heavy atom. The summed E-state index contributed by atoms with van der Waals surface area (Å²) in [5.74, 6) is -1.94. The molecule has 0 atom stereocenters. The Kier molecular flexibility index (Phi) is 6.39. The van der Waals surface area contributed by atoms with Gasteiger partial charge in [0.15, 0.2) is 0 Å². The predicted octanol–water partition coefficient (Wildman–Crippen LogP) is 0.180. The Labute approximate surface area is 170 Å². The van der Waals surface area contributed by atoms with Crippen molar-refractivity contribution in [1.82, 2.24) is 0 Å². The van der Waals surface area contributed by atoms with E-state index >= 15 is 0 Å². The number of allylic oxidation sites excluding steroid dienone is 1. The average molecular weight is 396 g/mol. The molecule has 0 aliphatic heterocycles. The first-order chi connectivity index (χ1) is 14.7. The number of hydrogen-bond acceptors (Lipinski definition) is 3. The summed E-state index contributed by atoms with van der Waals surface area (Å²) in [7, 11) is -2.21. The maximum atomic E-state index is 12.2. The van der Waals surface area contributed by atoms with Crippen LogP contribution in [-0.2, 0) is 4.79 Å². The van der Waals surface area contributed by atoms with Crippen molar-refractivity contribution in [2.45, 2.75) is 6.92 Å². The molecule has 0 aliphatic carbocycles. The molecule has 0 heterocycles. The standard InChI is InChI=1S/C21H20NOP.C2H4O2/c22-21(23)16-17-24(18-10-4-1-5-11-18,19-12-6-2-7-13-19)20-14-8-3-9-15-20;1-2(3)4/h1-16H,17,22H2;1H3,(H,3,4)/b21-16-;/i/hD3. The summed E-state index contributed by atoms with van der Waals surface area (Å²) in [6.07, 6.45) is 1.70. The van der Waals surface area contributed by atoms with Gasteiger partial charge in [0.1, 0.15) is 23.2 Å². The Morgan fingerprint density at radius 3 is 1.46 bits per heavy atom. The molecule has 3 aromatic rings. The summed E-state index contributed by atoms with van der Waals surface area (Å²) in [6, 6.07) is 30.2. The van der Waals surface area contributed by atoms with E-state index < -0.39 is 24.8 Å². The Hall–Kier alpha value is -2.94. The maximum Gasteiger partial charge on any atom is 0.349 e. The fraction of sp³-hybridized carbons (Fsp3) is 0.0870. The average Bonchev–Trinajstić information content (AvgIpc) is 2.75. The second kappa shape index (κ2) is 10.4. The van der Waals surface area contributed by atoms with Crippen molar-refractivity contribution in [3.8, 4) is 0 Å². The van der Waals surface area contributed by atoms with Crippen molar-refractivity contribution in [1.29, 1.82) is 0 Å². The van der Waals surface area contributed by atoms with E-state index in [0.29, 0.717) is 6.16 Å². The third-order valence-corrected chi connectivity index (χ3v) is 8.40. The molecule has 0 spiro atoms. The summed E-state index contributed by atoms with van der Waals surface area (Å²) < 4.78 is 22.1. The quantitative estimate of drug-likeness (QED) is 0.476. The van der Waals surface area contributed by atoms with Crippen LogP contribution in [0.2, 0.25) is 4.24 Å². The fourth-order valence-corrected chi connectivity index (χ4v) is 7.03. The van der Waals surface area contributed by atoms with Crippen LogP contribution in [0, 0.1) is 0 Å². The minimum atomic E-state index is -2.21. The summed E-state index contributed by atoms with van der Waals surface area (Å²) in [5, 5.41) is 24.4. The molecule has 4 nitrogen and oxygen atoms in total. The van der Waals surface area contributed by atoms with Gasteiger partial charge in [-0.25, -0.2) is 0 Å². The number of rotatable bonds is 6. The van der Waals surface area contributed by atoms with Crippen LogP contribution < -0.4 is 31.8 Å². The van der Waals surface area contributed by atoms with Gasteiger partial charge in [-0.3, -0.25) is 0 Å². The Morgan fingerprint density at radius 1 is 0.857 bits per heavy atom. The van der Waals surface area contributed by atoms with E-state index in [-0.39, 0.29) is 0 Å². The molecule has 0 fully saturated rings. The largest absolute Gasteiger partial charge is 0.831 e. The summed E-state index contributed by atoms with van der Waals surface area (Å²) in [6.45, 7) is 0.972. The van der Waals surface area contributed by atoms with Gasteiger partial charge < -0.3 is 20.7 Å². The summed E-state index contributed by atoms with van der Waals surface area (Å²) in [5.41, 5.74) is -1.95. The zero-order chi connectivity index (χ0) is 22.9. The maximum absolute atomic E-state index is 12.2. The van der Waals surface area contributed by atoms with E-state index in [2.05, 4.69) is 36.4 Å². The summed E-state index contributed by atoms with van der Waals surface area (Å²) >= 11 is 0. The first kappa shape index (κ1) is 17.2. The minimum Gasteiger partial charge on any atom is -0.831 e. The van der Waals surface area contributed by atoms with Crippen LogP contribution in [0.1, 0.15) is 6.92 Å². The monoisotopic (exact) mass is 396 g/mol. The minimum absolute atomic E-state index is 0.362. The van der Waals surface area contributed by atoms with Crippen LogP contribution in [-0.4, -0.2) is 12.1 Å². The molecule has 0 aliphatic rings. The normalized spacial score (nSPS) is 13.3. The van der Waals surface area contributed by atoms with Crippen LogP contribution in [0.25, 0.3) is 0 Å². The molecule has 3 aromatic carbocycles. The highest BCUT2D eigenvalue weighted by Crippen LogP contribution is 2.55. The number of carboxylic acids is 1. The number of quaternary nitrogens is 1. The Balaban J connectivity index is 0.000000785. The molecule has 144 valence electrons. The third kappa shape index (κ3) is 5.53. The van der Waals surface area contributed by atoms with E-state index in [1.807, 2.05) is 54.6 Å². The smallest absolute Gasteiger partial charge is 0.349 e. The van der Waals surface area contributed by atoms with E-state index in [1.54, 1.807) is 0 Å². The first-order valence-electron chi connectivity index (χ1n) is 10.1.